The molecule has 0 saturated heterocycles. The van der Waals surface area contributed by atoms with Gasteiger partial charge < -0.3 is 4.74 Å². The molecule has 0 aliphatic carbocycles. The van der Waals surface area contributed by atoms with Crippen molar-refractivity contribution in [3.63, 3.8) is 0 Å². The van der Waals surface area contributed by atoms with Crippen LogP contribution in [0.15, 0.2) is 23.2 Å². The van der Waals surface area contributed by atoms with Crippen LogP contribution in [0.4, 0.5) is 5.95 Å². The lowest BCUT2D eigenvalue weighted by molar-refractivity contribution is -0.115. The fourth-order valence-electron chi connectivity index (χ4n) is 3.15. The quantitative estimate of drug-likeness (QED) is 0.507. The number of nitrogens with one attached hydrogen (secondary N) is 1. The molecule has 0 bridgehead atoms. The van der Waals surface area contributed by atoms with Crippen LogP contribution in [0.2, 0.25) is 0 Å². The van der Waals surface area contributed by atoms with Gasteiger partial charge in [0.1, 0.15) is 0 Å². The molecule has 1 aromatic heterocycles. The summed E-state index contributed by atoms with van der Waals surface area (Å²) >= 11 is 1.62. The van der Waals surface area contributed by atoms with Gasteiger partial charge in [-0.1, -0.05) is 38.5 Å². The summed E-state index contributed by atoms with van der Waals surface area (Å²) in [4.78, 5) is 33.6. The minimum absolute atomic E-state index is 0.119. The molecule has 1 amide bonds. The highest BCUT2D eigenvalue weighted by Gasteiger charge is 2.21. The summed E-state index contributed by atoms with van der Waals surface area (Å²) in [5.74, 6) is 0.859. The Morgan fingerprint density at radius 1 is 1.31 bits per heavy atom. The molecular formula is C21H28N4O3S. The van der Waals surface area contributed by atoms with Gasteiger partial charge in [0.05, 0.1) is 29.2 Å². The topological polar surface area (TPSA) is 85.6 Å². The summed E-state index contributed by atoms with van der Waals surface area (Å²) in [6.45, 7) is 6.60. The lowest BCUT2D eigenvalue weighted by Crippen LogP contribution is -2.17. The Kier molecular flexibility index (Phi) is 7.30. The molecule has 1 unspecified atom stereocenters. The summed E-state index contributed by atoms with van der Waals surface area (Å²) in [6.07, 6.45) is 4.43. The average molecular weight is 417 g/mol. The number of anilines is 1. The number of aliphatic imine (C=N–C) groups is 1. The minimum Gasteiger partial charge on any atom is -0.459 e. The number of amides is 1. The molecule has 29 heavy (non-hydrogen) atoms. The van der Waals surface area contributed by atoms with Crippen molar-refractivity contribution >= 4 is 45.8 Å². The van der Waals surface area contributed by atoms with Crippen LogP contribution in [0.25, 0.3) is 11.0 Å². The number of nitrogens with zero attached hydrogens (tertiary/aromatic N) is 3. The normalized spacial score (nSPS) is 14.7. The molecule has 1 aliphatic rings. The van der Waals surface area contributed by atoms with E-state index in [1.807, 2.05) is 17.6 Å². The summed E-state index contributed by atoms with van der Waals surface area (Å²) in [5.41, 5.74) is 1.88. The molecule has 0 spiro atoms. The first-order valence-electron chi connectivity index (χ1n) is 10.2. The Bertz CT molecular complexity index is 922. The molecule has 8 heteroatoms. The van der Waals surface area contributed by atoms with Crippen molar-refractivity contribution in [1.29, 1.82) is 0 Å². The number of carbonyl (C=O) groups excluding carboxylic acids is 2. The predicted molar refractivity (Wildman–Crippen MR) is 118 cm³/mol. The smallest absolute Gasteiger partial charge is 0.338 e. The second-order valence-corrected chi connectivity index (χ2v) is 8.16. The van der Waals surface area contributed by atoms with E-state index in [-0.39, 0.29) is 18.0 Å². The van der Waals surface area contributed by atoms with E-state index in [4.69, 9.17) is 4.74 Å². The van der Waals surface area contributed by atoms with Gasteiger partial charge in [0.2, 0.25) is 11.9 Å². The number of aromatic nitrogens is 2. The zero-order valence-corrected chi connectivity index (χ0v) is 18.1. The largest absolute Gasteiger partial charge is 0.459 e. The van der Waals surface area contributed by atoms with Crippen molar-refractivity contribution in [2.75, 3.05) is 17.6 Å². The highest BCUT2D eigenvalue weighted by molar-refractivity contribution is 8.14. The van der Waals surface area contributed by atoms with Gasteiger partial charge in [0.15, 0.2) is 5.17 Å². The van der Waals surface area contributed by atoms with E-state index in [1.54, 1.807) is 30.8 Å². The molecule has 2 aromatic rings. The van der Waals surface area contributed by atoms with Crippen LogP contribution in [0, 0.1) is 0 Å². The number of esters is 1. The van der Waals surface area contributed by atoms with E-state index < -0.39 is 0 Å². The van der Waals surface area contributed by atoms with Crippen molar-refractivity contribution in [2.45, 2.75) is 59.0 Å². The van der Waals surface area contributed by atoms with E-state index in [1.165, 1.54) is 0 Å². The molecule has 1 N–H and O–H groups in total. The lowest BCUT2D eigenvalue weighted by atomic mass is 10.1. The number of carbonyl (C=O) groups is 2. The van der Waals surface area contributed by atoms with Crippen LogP contribution in [-0.4, -0.2) is 45.0 Å². The van der Waals surface area contributed by atoms with Crippen molar-refractivity contribution < 1.29 is 14.3 Å². The van der Waals surface area contributed by atoms with Crippen molar-refractivity contribution in [1.82, 2.24) is 9.55 Å². The van der Waals surface area contributed by atoms with Crippen LogP contribution in [-0.2, 0) is 9.53 Å². The maximum Gasteiger partial charge on any atom is 0.338 e. The Balaban J connectivity index is 1.85. The summed E-state index contributed by atoms with van der Waals surface area (Å²) in [5, 5.41) is 3.64. The SMILES string of the molecule is CCCCCC(C)OC(=O)c1ccc2c(c1)nc(NC(=O)CC)n2C1=NCCS1. The van der Waals surface area contributed by atoms with E-state index in [2.05, 4.69) is 22.2 Å². The van der Waals surface area contributed by atoms with Gasteiger partial charge in [0, 0.05) is 12.2 Å². The van der Waals surface area contributed by atoms with E-state index in [0.29, 0.717) is 23.4 Å². The molecular weight excluding hydrogens is 388 g/mol. The maximum atomic E-state index is 12.5. The summed E-state index contributed by atoms with van der Waals surface area (Å²) in [7, 11) is 0. The zero-order valence-electron chi connectivity index (χ0n) is 17.2. The Hall–Kier alpha value is -2.35. The van der Waals surface area contributed by atoms with Gasteiger partial charge in [-0.25, -0.2) is 9.78 Å². The molecule has 1 aliphatic heterocycles. The number of rotatable bonds is 8. The van der Waals surface area contributed by atoms with Gasteiger partial charge in [-0.2, -0.15) is 0 Å². The molecule has 0 fully saturated rings. The first-order valence-corrected chi connectivity index (χ1v) is 11.2. The standard InChI is InChI=1S/C21H28N4O3S/c1-4-6-7-8-14(3)28-19(27)15-9-10-17-16(13-15)23-20(24-18(26)5-2)25(17)21-22-11-12-29-21/h9-10,13-14H,4-8,11-12H2,1-3H3,(H,23,24,26). The second kappa shape index (κ2) is 9.91. The molecule has 7 nitrogen and oxygen atoms in total. The maximum absolute atomic E-state index is 12.5. The number of imidazole rings is 1. The Labute approximate surface area is 175 Å². The number of unbranched alkanes of at least 4 members (excludes halogenated alkanes) is 2. The first-order chi connectivity index (χ1) is 14.0. The number of fused-ring (bicyclic) bond motifs is 1. The monoisotopic (exact) mass is 416 g/mol. The molecule has 1 atom stereocenters. The molecule has 3 rings (SSSR count). The third-order valence-electron chi connectivity index (χ3n) is 4.75. The van der Waals surface area contributed by atoms with E-state index in [0.717, 1.165) is 48.7 Å². The van der Waals surface area contributed by atoms with Crippen LogP contribution in [0.1, 0.15) is 63.2 Å². The molecule has 0 radical (unpaired) electrons. The number of hydrogen-bond acceptors (Lipinski definition) is 6. The van der Waals surface area contributed by atoms with Crippen LogP contribution in [0.3, 0.4) is 0 Å². The van der Waals surface area contributed by atoms with Crippen molar-refractivity contribution in [3.8, 4) is 0 Å². The van der Waals surface area contributed by atoms with Crippen LogP contribution >= 0.6 is 11.8 Å². The second-order valence-electron chi connectivity index (χ2n) is 7.10. The predicted octanol–water partition coefficient (Wildman–Crippen LogP) is 4.46. The summed E-state index contributed by atoms with van der Waals surface area (Å²) in [6, 6.07) is 5.30. The minimum atomic E-state index is -0.350. The van der Waals surface area contributed by atoms with Crippen LogP contribution in [0.5, 0.6) is 0 Å². The van der Waals surface area contributed by atoms with Crippen LogP contribution < -0.4 is 5.32 Å². The number of ether oxygens (including phenoxy) is 1. The summed E-state index contributed by atoms with van der Waals surface area (Å²) < 4.78 is 7.43. The fourth-order valence-corrected chi connectivity index (χ4v) is 4.01. The number of benzene rings is 1. The molecule has 1 aromatic carbocycles. The molecule has 2 heterocycles. The molecule has 0 saturated carbocycles. The van der Waals surface area contributed by atoms with E-state index in [9.17, 15) is 9.59 Å². The van der Waals surface area contributed by atoms with Gasteiger partial charge >= 0.3 is 5.97 Å². The van der Waals surface area contributed by atoms with Gasteiger partial charge in [-0.3, -0.25) is 19.7 Å². The zero-order chi connectivity index (χ0) is 20.8. The first kappa shape index (κ1) is 21.4. The highest BCUT2D eigenvalue weighted by Crippen LogP contribution is 2.26. The van der Waals surface area contributed by atoms with Gasteiger partial charge in [-0.05, 0) is 38.0 Å². The number of hydrogen-bond donors (Lipinski definition) is 1. The third-order valence-corrected chi connectivity index (χ3v) is 5.70. The van der Waals surface area contributed by atoms with E-state index >= 15 is 0 Å². The lowest BCUT2D eigenvalue weighted by Gasteiger charge is -2.13. The third kappa shape index (κ3) is 5.18. The Morgan fingerprint density at radius 2 is 2.14 bits per heavy atom. The van der Waals surface area contributed by atoms with Gasteiger partial charge in [0.25, 0.3) is 0 Å². The fraction of sp³-hybridized carbons (Fsp3) is 0.524. The average Bonchev–Trinajstić information content (AvgIpc) is 3.34. The van der Waals surface area contributed by atoms with Gasteiger partial charge in [-0.15, -0.1) is 0 Å². The number of thioether (sulfide) groups is 1. The van der Waals surface area contributed by atoms with Crippen molar-refractivity contribution in [3.05, 3.63) is 23.8 Å². The Morgan fingerprint density at radius 3 is 2.83 bits per heavy atom. The highest BCUT2D eigenvalue weighted by atomic mass is 32.2. The van der Waals surface area contributed by atoms with Crippen molar-refractivity contribution in [2.24, 2.45) is 4.99 Å². The molecule has 156 valence electrons.